The van der Waals surface area contributed by atoms with Crippen molar-refractivity contribution in [2.45, 2.75) is 39.7 Å². The average molecular weight is 674 g/mol. The number of fused-ring (bicyclic) bond motifs is 1. The lowest BCUT2D eigenvalue weighted by Crippen LogP contribution is -2.32. The highest BCUT2D eigenvalue weighted by Gasteiger charge is 2.23. The monoisotopic (exact) mass is 673 g/mol. The molecule has 0 spiro atoms. The number of carbonyl (C=O) groups excluding carboxylic acids is 3. The van der Waals surface area contributed by atoms with Gasteiger partial charge in [-0.15, -0.1) is 0 Å². The van der Waals surface area contributed by atoms with Gasteiger partial charge in [-0.25, -0.2) is 9.78 Å². The van der Waals surface area contributed by atoms with Gasteiger partial charge in [0.15, 0.2) is 0 Å². The number of aryl methyl sites for hydroxylation is 1. The number of hydrogen-bond acceptors (Lipinski definition) is 5. The molecule has 1 N–H and O–H groups in total. The summed E-state index contributed by atoms with van der Waals surface area (Å²) in [5.74, 6) is -0.951. The van der Waals surface area contributed by atoms with Crippen molar-refractivity contribution in [2.24, 2.45) is 0 Å². The first-order valence-electron chi connectivity index (χ1n) is 16.6. The Hall–Kier alpha value is -5.27. The van der Waals surface area contributed by atoms with E-state index in [0.29, 0.717) is 36.5 Å². The van der Waals surface area contributed by atoms with Crippen LogP contribution in [0.2, 0.25) is 5.02 Å². The molecule has 0 fully saturated rings. The molecule has 1 unspecified atom stereocenters. The molecule has 1 aromatic heterocycles. The molecule has 5 aromatic rings. The van der Waals surface area contributed by atoms with Crippen molar-refractivity contribution in [1.82, 2.24) is 15.2 Å². The van der Waals surface area contributed by atoms with Crippen LogP contribution in [0, 0.1) is 0 Å². The second-order valence-corrected chi connectivity index (χ2v) is 12.0. The average Bonchev–Trinajstić information content (AvgIpc) is 3.13. The Labute approximate surface area is 292 Å². The molecule has 7 nitrogen and oxygen atoms in total. The minimum Gasteiger partial charge on any atom is -0.462 e. The van der Waals surface area contributed by atoms with Gasteiger partial charge in [0.1, 0.15) is 0 Å². The molecular formula is C41H40ClN3O4. The second-order valence-electron chi connectivity index (χ2n) is 11.5. The highest BCUT2D eigenvalue weighted by atomic mass is 35.5. The Bertz CT molecular complexity index is 1990. The van der Waals surface area contributed by atoms with Crippen LogP contribution in [0.15, 0.2) is 103 Å². The molecule has 0 radical (unpaired) electrons. The van der Waals surface area contributed by atoms with Gasteiger partial charge in [0.25, 0.3) is 11.8 Å². The number of nitrogens with one attached hydrogen (secondary N) is 1. The summed E-state index contributed by atoms with van der Waals surface area (Å²) in [5, 5.41) is 4.82. The minimum atomic E-state index is -0.551. The van der Waals surface area contributed by atoms with Crippen LogP contribution in [0.4, 0.5) is 0 Å². The normalized spacial score (nSPS) is 11.8. The Kier molecular flexibility index (Phi) is 12.0. The van der Waals surface area contributed by atoms with Gasteiger partial charge in [0, 0.05) is 29.1 Å². The Balaban J connectivity index is 1.45. The maximum atomic E-state index is 13.8. The standard InChI is InChI=1S/C41H40ClN3O4/c1-4-45(5-2)40(47)34-15-8-7-13-29(34)21-25-37(44-39(46)35-16-9-10-17-36(35)41(48)49-6-3)31-14-11-12-28(26-31)18-23-33-24-20-30-19-22-32(42)27-38(30)43-33/h7-20,22-24,26-27,37H,4-6,21,25H2,1-3H3,(H,44,46)/b23-18+. The van der Waals surface area contributed by atoms with Crippen molar-refractivity contribution in [3.8, 4) is 0 Å². The third-order valence-electron chi connectivity index (χ3n) is 8.41. The van der Waals surface area contributed by atoms with Crippen LogP contribution in [0.25, 0.3) is 23.1 Å². The summed E-state index contributed by atoms with van der Waals surface area (Å²) in [6.45, 7) is 7.10. The number of rotatable bonds is 13. The molecule has 5 rings (SSSR count). The van der Waals surface area contributed by atoms with E-state index in [0.717, 1.165) is 33.3 Å². The fourth-order valence-corrected chi connectivity index (χ4v) is 5.98. The lowest BCUT2D eigenvalue weighted by molar-refractivity contribution is 0.0522. The number of esters is 1. The fraction of sp³-hybridized carbons (Fsp3) is 0.220. The predicted octanol–water partition coefficient (Wildman–Crippen LogP) is 8.82. The summed E-state index contributed by atoms with van der Waals surface area (Å²) < 4.78 is 5.22. The van der Waals surface area contributed by atoms with Crippen LogP contribution in [-0.4, -0.2) is 47.4 Å². The van der Waals surface area contributed by atoms with E-state index in [2.05, 4.69) is 5.32 Å². The SMILES string of the molecule is CCOC(=O)c1ccccc1C(=O)NC(CCc1ccccc1C(=O)N(CC)CC)c1cccc(/C=C/c2ccc3ccc(Cl)cc3n2)c1. The van der Waals surface area contributed by atoms with Crippen molar-refractivity contribution >= 4 is 52.4 Å². The summed E-state index contributed by atoms with van der Waals surface area (Å²) in [7, 11) is 0. The van der Waals surface area contributed by atoms with Crippen molar-refractivity contribution < 1.29 is 19.1 Å². The first-order chi connectivity index (χ1) is 23.8. The number of benzene rings is 4. The molecule has 0 saturated heterocycles. The van der Waals surface area contributed by atoms with Crippen LogP contribution < -0.4 is 5.32 Å². The van der Waals surface area contributed by atoms with Crippen molar-refractivity contribution in [1.29, 1.82) is 0 Å². The molecule has 0 aliphatic carbocycles. The number of pyridine rings is 1. The molecular weight excluding hydrogens is 634 g/mol. The molecule has 4 aromatic carbocycles. The third kappa shape index (κ3) is 8.80. The summed E-state index contributed by atoms with van der Waals surface area (Å²) in [6.07, 6.45) is 4.97. The van der Waals surface area contributed by atoms with E-state index in [-0.39, 0.29) is 29.5 Å². The Morgan fingerprint density at radius 2 is 1.53 bits per heavy atom. The summed E-state index contributed by atoms with van der Waals surface area (Å²) >= 11 is 6.19. The van der Waals surface area contributed by atoms with Gasteiger partial charge in [0.2, 0.25) is 0 Å². The van der Waals surface area contributed by atoms with Crippen LogP contribution in [0.1, 0.15) is 86.7 Å². The molecule has 8 heteroatoms. The van der Waals surface area contributed by atoms with Gasteiger partial charge in [-0.3, -0.25) is 9.59 Å². The number of hydrogen-bond donors (Lipinski definition) is 1. The van der Waals surface area contributed by atoms with Crippen LogP contribution in [0.3, 0.4) is 0 Å². The fourth-order valence-electron chi connectivity index (χ4n) is 5.81. The smallest absolute Gasteiger partial charge is 0.338 e. The van der Waals surface area contributed by atoms with E-state index >= 15 is 0 Å². The lowest BCUT2D eigenvalue weighted by atomic mass is 9.94. The maximum Gasteiger partial charge on any atom is 0.338 e. The van der Waals surface area contributed by atoms with Crippen molar-refractivity contribution in [2.75, 3.05) is 19.7 Å². The van der Waals surface area contributed by atoms with Crippen LogP contribution in [-0.2, 0) is 11.2 Å². The highest BCUT2D eigenvalue weighted by Crippen LogP contribution is 2.25. The number of carbonyl (C=O) groups is 3. The molecule has 0 saturated carbocycles. The van der Waals surface area contributed by atoms with E-state index in [1.807, 2.05) is 105 Å². The van der Waals surface area contributed by atoms with E-state index in [1.54, 1.807) is 36.1 Å². The van der Waals surface area contributed by atoms with Crippen molar-refractivity contribution in [3.63, 3.8) is 0 Å². The zero-order chi connectivity index (χ0) is 34.8. The summed E-state index contributed by atoms with van der Waals surface area (Å²) in [4.78, 5) is 46.4. The predicted molar refractivity (Wildman–Crippen MR) is 197 cm³/mol. The van der Waals surface area contributed by atoms with Gasteiger partial charge in [-0.1, -0.05) is 78.3 Å². The molecule has 2 amide bonds. The Morgan fingerprint density at radius 3 is 2.29 bits per heavy atom. The van der Waals surface area contributed by atoms with Crippen LogP contribution in [0.5, 0.6) is 0 Å². The molecule has 0 aliphatic heterocycles. The molecule has 49 heavy (non-hydrogen) atoms. The number of nitrogens with zero attached hydrogens (tertiary/aromatic N) is 2. The van der Waals surface area contributed by atoms with Gasteiger partial charge >= 0.3 is 5.97 Å². The van der Waals surface area contributed by atoms with Crippen molar-refractivity contribution in [3.05, 3.63) is 147 Å². The topological polar surface area (TPSA) is 88.6 Å². The quantitative estimate of drug-likeness (QED) is 0.126. The molecule has 1 atom stereocenters. The van der Waals surface area contributed by atoms with Gasteiger partial charge < -0.3 is 15.0 Å². The second kappa shape index (κ2) is 16.7. The molecule has 1 heterocycles. The highest BCUT2D eigenvalue weighted by molar-refractivity contribution is 6.31. The van der Waals surface area contributed by atoms with E-state index < -0.39 is 12.0 Å². The zero-order valence-electron chi connectivity index (χ0n) is 28.0. The van der Waals surface area contributed by atoms with E-state index in [4.69, 9.17) is 21.3 Å². The van der Waals surface area contributed by atoms with Gasteiger partial charge in [-0.2, -0.15) is 0 Å². The molecule has 250 valence electrons. The molecule has 0 bridgehead atoms. The van der Waals surface area contributed by atoms with E-state index in [9.17, 15) is 14.4 Å². The third-order valence-corrected chi connectivity index (χ3v) is 8.64. The largest absolute Gasteiger partial charge is 0.462 e. The van der Waals surface area contributed by atoms with E-state index in [1.165, 1.54) is 0 Å². The maximum absolute atomic E-state index is 13.8. The summed E-state index contributed by atoms with van der Waals surface area (Å²) in [5.41, 5.74) is 5.42. The number of halogens is 1. The minimum absolute atomic E-state index is 0.0127. The molecule has 0 aliphatic rings. The number of amides is 2. The van der Waals surface area contributed by atoms with Crippen LogP contribution >= 0.6 is 11.6 Å². The lowest BCUT2D eigenvalue weighted by Gasteiger charge is -2.23. The number of aromatic nitrogens is 1. The summed E-state index contributed by atoms with van der Waals surface area (Å²) in [6, 6.07) is 31.4. The first-order valence-corrected chi connectivity index (χ1v) is 17.0. The first kappa shape index (κ1) is 35.0. The Morgan fingerprint density at radius 1 is 0.816 bits per heavy atom. The number of ether oxygens (including phenoxy) is 1. The van der Waals surface area contributed by atoms with Gasteiger partial charge in [-0.05, 0) is 98.8 Å². The van der Waals surface area contributed by atoms with Gasteiger partial charge in [0.05, 0.1) is 35.0 Å². The zero-order valence-corrected chi connectivity index (χ0v) is 28.7.